The summed E-state index contributed by atoms with van der Waals surface area (Å²) in [5.74, 6) is -0.266. The van der Waals surface area contributed by atoms with Gasteiger partial charge >= 0.3 is 6.09 Å². The fourth-order valence-corrected chi connectivity index (χ4v) is 2.82. The second-order valence-electron chi connectivity index (χ2n) is 6.27. The largest absolute Gasteiger partial charge is 0.447 e. The van der Waals surface area contributed by atoms with E-state index in [-0.39, 0.29) is 19.1 Å². The van der Waals surface area contributed by atoms with Crippen molar-refractivity contribution in [1.29, 1.82) is 5.26 Å². The summed E-state index contributed by atoms with van der Waals surface area (Å²) in [6.07, 6.45) is -0.521. The fraction of sp³-hybridized carbons (Fsp3) is 0.250. The predicted molar refractivity (Wildman–Crippen MR) is 98.0 cm³/mol. The van der Waals surface area contributed by atoms with Gasteiger partial charge in [-0.25, -0.2) is 4.79 Å². The van der Waals surface area contributed by atoms with Gasteiger partial charge in [0.1, 0.15) is 12.6 Å². The van der Waals surface area contributed by atoms with Crippen LogP contribution in [0.1, 0.15) is 22.3 Å². The van der Waals surface area contributed by atoms with Crippen molar-refractivity contribution in [1.82, 2.24) is 10.2 Å². The van der Waals surface area contributed by atoms with Crippen molar-refractivity contribution in [2.75, 3.05) is 6.61 Å². The van der Waals surface area contributed by atoms with Crippen LogP contribution in [0.2, 0.25) is 0 Å². The molecular weight excluding hydrogens is 344 g/mol. The van der Waals surface area contributed by atoms with Gasteiger partial charge in [0.2, 0.25) is 5.91 Å². The van der Waals surface area contributed by atoms with E-state index in [2.05, 4.69) is 5.32 Å². The number of benzene rings is 2. The van der Waals surface area contributed by atoms with Gasteiger partial charge in [-0.2, -0.15) is 5.26 Å². The lowest BCUT2D eigenvalue weighted by Crippen LogP contribution is -2.45. The molecule has 1 atom stereocenters. The molecule has 3 N–H and O–H groups in total. The summed E-state index contributed by atoms with van der Waals surface area (Å²) in [5.41, 5.74) is 8.91. The molecule has 1 aliphatic heterocycles. The number of carbonyl (C=O) groups is 2. The molecule has 7 heteroatoms. The van der Waals surface area contributed by atoms with E-state index < -0.39 is 12.1 Å². The number of ether oxygens (including phenoxy) is 1. The smallest absolute Gasteiger partial charge is 0.410 e. The van der Waals surface area contributed by atoms with E-state index in [4.69, 9.17) is 15.7 Å². The second-order valence-corrected chi connectivity index (χ2v) is 6.27. The molecule has 7 nitrogen and oxygen atoms in total. The van der Waals surface area contributed by atoms with E-state index in [9.17, 15) is 9.59 Å². The Kier molecular flexibility index (Phi) is 5.69. The van der Waals surface area contributed by atoms with Crippen molar-refractivity contribution in [3.05, 3.63) is 70.8 Å². The third-order valence-corrected chi connectivity index (χ3v) is 4.44. The van der Waals surface area contributed by atoms with Gasteiger partial charge in [-0.05, 0) is 28.8 Å². The Morgan fingerprint density at radius 3 is 2.41 bits per heavy atom. The Labute approximate surface area is 157 Å². The highest BCUT2D eigenvalue weighted by atomic mass is 16.6. The number of rotatable bonds is 6. The summed E-state index contributed by atoms with van der Waals surface area (Å²) in [6, 6.07) is 15.9. The van der Waals surface area contributed by atoms with Crippen LogP contribution in [-0.4, -0.2) is 29.5 Å². The van der Waals surface area contributed by atoms with E-state index >= 15 is 0 Å². The molecule has 138 valence electrons. The quantitative estimate of drug-likeness (QED) is 0.810. The summed E-state index contributed by atoms with van der Waals surface area (Å²) in [4.78, 5) is 26.0. The molecule has 27 heavy (non-hydrogen) atoms. The fourth-order valence-electron chi connectivity index (χ4n) is 2.82. The molecule has 1 heterocycles. The molecule has 1 aliphatic rings. The maximum atomic E-state index is 12.5. The Morgan fingerprint density at radius 2 is 1.78 bits per heavy atom. The summed E-state index contributed by atoms with van der Waals surface area (Å²) in [5, 5.41) is 11.7. The Balaban J connectivity index is 1.61. The van der Waals surface area contributed by atoms with Gasteiger partial charge < -0.3 is 15.8 Å². The average molecular weight is 364 g/mol. The minimum Gasteiger partial charge on any atom is -0.447 e. The second kappa shape index (κ2) is 8.34. The standard InChI is InChI=1S/C20H20N4O3/c21-9-14-1-5-16(6-2-14)11-23-19(25)18-13-27-20(26)24(18)12-17-7-3-15(10-22)4-8-17/h1-8,18H,9,11-13,21H2,(H,23,25)/t18-/m0/s1. The lowest BCUT2D eigenvalue weighted by Gasteiger charge is -2.21. The number of nitrogens with zero attached hydrogens (tertiary/aromatic N) is 2. The van der Waals surface area contributed by atoms with Gasteiger partial charge in [0.25, 0.3) is 0 Å². The number of carbonyl (C=O) groups excluding carboxylic acids is 2. The molecule has 0 aromatic heterocycles. The molecule has 2 aromatic rings. The van der Waals surface area contributed by atoms with Crippen molar-refractivity contribution < 1.29 is 14.3 Å². The molecule has 0 radical (unpaired) electrons. The summed E-state index contributed by atoms with van der Waals surface area (Å²) < 4.78 is 5.06. The SMILES string of the molecule is N#Cc1ccc(CN2C(=O)OC[C@H]2C(=O)NCc2ccc(CN)cc2)cc1. The first-order valence-electron chi connectivity index (χ1n) is 8.58. The van der Waals surface area contributed by atoms with Crippen LogP contribution >= 0.6 is 0 Å². The van der Waals surface area contributed by atoms with Crippen LogP contribution in [0.3, 0.4) is 0 Å². The maximum Gasteiger partial charge on any atom is 0.410 e. The third-order valence-electron chi connectivity index (χ3n) is 4.44. The summed E-state index contributed by atoms with van der Waals surface area (Å²) >= 11 is 0. The zero-order chi connectivity index (χ0) is 19.2. The predicted octanol–water partition coefficient (Wildman–Crippen LogP) is 1.65. The van der Waals surface area contributed by atoms with E-state index in [1.54, 1.807) is 24.3 Å². The molecule has 0 bridgehead atoms. The van der Waals surface area contributed by atoms with Crippen LogP contribution in [0.4, 0.5) is 4.79 Å². The first-order valence-corrected chi connectivity index (χ1v) is 8.58. The number of hydrogen-bond acceptors (Lipinski definition) is 5. The Hall–Kier alpha value is -3.37. The number of nitrogens with two attached hydrogens (primary N) is 1. The normalized spacial score (nSPS) is 15.9. The Morgan fingerprint density at radius 1 is 1.15 bits per heavy atom. The molecule has 2 amide bonds. The van der Waals surface area contributed by atoms with E-state index in [0.29, 0.717) is 18.7 Å². The van der Waals surface area contributed by atoms with Crippen molar-refractivity contribution in [3.8, 4) is 6.07 Å². The zero-order valence-electron chi connectivity index (χ0n) is 14.7. The maximum absolute atomic E-state index is 12.5. The van der Waals surface area contributed by atoms with Crippen LogP contribution in [0.5, 0.6) is 0 Å². The number of nitrogens with one attached hydrogen (secondary N) is 1. The number of amides is 2. The summed E-state index contributed by atoms with van der Waals surface area (Å²) in [7, 11) is 0. The lowest BCUT2D eigenvalue weighted by atomic mass is 10.1. The number of cyclic esters (lactones) is 1. The van der Waals surface area contributed by atoms with Gasteiger partial charge in [-0.15, -0.1) is 0 Å². The van der Waals surface area contributed by atoms with Crippen LogP contribution in [0.25, 0.3) is 0 Å². The topological polar surface area (TPSA) is 108 Å². The lowest BCUT2D eigenvalue weighted by molar-refractivity contribution is -0.125. The van der Waals surface area contributed by atoms with Gasteiger partial charge in [0.15, 0.2) is 0 Å². The van der Waals surface area contributed by atoms with Gasteiger partial charge in [-0.1, -0.05) is 36.4 Å². The minimum absolute atomic E-state index is 0.0209. The monoisotopic (exact) mass is 364 g/mol. The van der Waals surface area contributed by atoms with E-state index in [0.717, 1.165) is 16.7 Å². The zero-order valence-corrected chi connectivity index (χ0v) is 14.7. The van der Waals surface area contributed by atoms with Gasteiger partial charge in [-0.3, -0.25) is 9.69 Å². The summed E-state index contributed by atoms with van der Waals surface area (Å²) in [6.45, 7) is 1.10. The Bertz CT molecular complexity index is 856. The molecular formula is C20H20N4O3. The van der Waals surface area contributed by atoms with Crippen molar-refractivity contribution in [2.45, 2.75) is 25.7 Å². The van der Waals surface area contributed by atoms with Crippen LogP contribution < -0.4 is 11.1 Å². The molecule has 1 saturated heterocycles. The average Bonchev–Trinajstić information content (AvgIpc) is 3.07. The van der Waals surface area contributed by atoms with Gasteiger partial charge in [0.05, 0.1) is 18.2 Å². The van der Waals surface area contributed by atoms with Gasteiger partial charge in [0, 0.05) is 13.1 Å². The highest BCUT2D eigenvalue weighted by Gasteiger charge is 2.37. The molecule has 0 unspecified atom stereocenters. The molecule has 1 fully saturated rings. The minimum atomic E-state index is -0.684. The van der Waals surface area contributed by atoms with Crippen molar-refractivity contribution in [2.24, 2.45) is 5.73 Å². The first kappa shape index (κ1) is 18.4. The number of hydrogen-bond donors (Lipinski definition) is 2. The van der Waals surface area contributed by atoms with Crippen LogP contribution in [-0.2, 0) is 29.2 Å². The van der Waals surface area contributed by atoms with Crippen LogP contribution in [0, 0.1) is 11.3 Å². The van der Waals surface area contributed by atoms with E-state index in [1.165, 1.54) is 4.90 Å². The van der Waals surface area contributed by atoms with E-state index in [1.807, 2.05) is 30.3 Å². The number of nitriles is 1. The third kappa shape index (κ3) is 4.43. The molecule has 0 aliphatic carbocycles. The molecule has 0 spiro atoms. The van der Waals surface area contributed by atoms with Crippen molar-refractivity contribution in [3.63, 3.8) is 0 Å². The first-order chi connectivity index (χ1) is 13.1. The van der Waals surface area contributed by atoms with Crippen LogP contribution in [0.15, 0.2) is 48.5 Å². The highest BCUT2D eigenvalue weighted by Crippen LogP contribution is 2.17. The molecule has 3 rings (SSSR count). The highest BCUT2D eigenvalue weighted by molar-refractivity contribution is 5.87. The molecule has 2 aromatic carbocycles. The molecule has 0 saturated carbocycles. The van der Waals surface area contributed by atoms with Crippen molar-refractivity contribution >= 4 is 12.0 Å².